The van der Waals surface area contributed by atoms with Gasteiger partial charge in [0.05, 0.1) is 13.2 Å². The van der Waals surface area contributed by atoms with Crippen molar-refractivity contribution in [2.75, 3.05) is 26.4 Å². The van der Waals surface area contributed by atoms with Gasteiger partial charge in [-0.1, -0.05) is 104 Å². The van der Waals surface area contributed by atoms with Gasteiger partial charge in [0.15, 0.2) is 0 Å². The summed E-state index contributed by atoms with van der Waals surface area (Å²) in [6.07, 6.45) is 23.7. The van der Waals surface area contributed by atoms with Crippen molar-refractivity contribution in [3.8, 4) is 11.5 Å². The number of benzene rings is 2. The molecule has 3 heterocycles. The molecule has 2 unspecified atom stereocenters. The minimum Gasteiger partial charge on any atom is -0.490 e. The summed E-state index contributed by atoms with van der Waals surface area (Å²) in [7, 11) is 0. The summed E-state index contributed by atoms with van der Waals surface area (Å²) < 4.78 is 29.9. The first-order chi connectivity index (χ1) is 21.2. The number of hydrogen-bond donors (Lipinski definition) is 0. The van der Waals surface area contributed by atoms with Crippen LogP contribution in [0.15, 0.2) is 28.7 Å². The summed E-state index contributed by atoms with van der Waals surface area (Å²) in [6, 6.07) is 8.91. The number of fused-ring (bicyclic) bond motifs is 3. The van der Waals surface area contributed by atoms with Gasteiger partial charge in [0.2, 0.25) is 0 Å². The van der Waals surface area contributed by atoms with E-state index in [-0.39, 0.29) is 12.2 Å². The third-order valence-electron chi connectivity index (χ3n) is 9.09. The highest BCUT2D eigenvalue weighted by atomic mass is 16.6. The summed E-state index contributed by atoms with van der Waals surface area (Å²) in [5.74, 6) is 1.90. The average molecular weight is 593 g/mol. The molecule has 2 fully saturated rings. The van der Waals surface area contributed by atoms with E-state index in [1.807, 2.05) is 0 Å². The Morgan fingerprint density at radius 3 is 1.28 bits per heavy atom. The topological polar surface area (TPSA) is 56.7 Å². The molecule has 0 amide bonds. The van der Waals surface area contributed by atoms with Crippen LogP contribution < -0.4 is 9.47 Å². The Morgan fingerprint density at radius 1 is 0.535 bits per heavy atom. The predicted octanol–water partition coefficient (Wildman–Crippen LogP) is 10.5. The fraction of sp³-hybridized carbons (Fsp3) is 0.684. The molecule has 0 spiro atoms. The van der Waals surface area contributed by atoms with Gasteiger partial charge in [0.25, 0.3) is 0 Å². The summed E-state index contributed by atoms with van der Waals surface area (Å²) in [4.78, 5) is 0. The molecule has 2 aromatic carbocycles. The van der Waals surface area contributed by atoms with E-state index in [1.54, 1.807) is 0 Å². The molecule has 2 aliphatic rings. The van der Waals surface area contributed by atoms with E-state index in [9.17, 15) is 0 Å². The Hall–Kier alpha value is -2.24. The number of epoxide rings is 2. The number of aryl methyl sites for hydroxylation is 2. The quantitative estimate of drug-likeness (QED) is 0.0765. The molecule has 0 radical (unpaired) electrons. The molecule has 0 aliphatic carbocycles. The maximum absolute atomic E-state index is 6.45. The molecule has 238 valence electrons. The van der Waals surface area contributed by atoms with Crippen molar-refractivity contribution >= 4 is 21.9 Å². The van der Waals surface area contributed by atoms with Crippen LogP contribution in [0.3, 0.4) is 0 Å². The van der Waals surface area contributed by atoms with Crippen LogP contribution in [0.25, 0.3) is 21.9 Å². The molecule has 0 saturated carbocycles. The van der Waals surface area contributed by atoms with Crippen molar-refractivity contribution in [3.05, 3.63) is 35.4 Å². The maximum Gasteiger partial charge on any atom is 0.139 e. The van der Waals surface area contributed by atoms with Crippen LogP contribution >= 0.6 is 0 Å². The summed E-state index contributed by atoms with van der Waals surface area (Å²) in [5, 5.41) is 2.38. The van der Waals surface area contributed by atoms with Gasteiger partial charge in [-0.15, -0.1) is 0 Å². The van der Waals surface area contributed by atoms with E-state index in [0.717, 1.165) is 48.7 Å². The lowest BCUT2D eigenvalue weighted by Crippen LogP contribution is -2.06. The largest absolute Gasteiger partial charge is 0.490 e. The molecule has 43 heavy (non-hydrogen) atoms. The molecule has 1 aromatic heterocycles. The smallest absolute Gasteiger partial charge is 0.139 e. The normalized spacial score (nSPS) is 17.6. The lowest BCUT2D eigenvalue weighted by molar-refractivity contribution is 0.261. The van der Waals surface area contributed by atoms with Gasteiger partial charge in [-0.05, 0) is 48.9 Å². The fourth-order valence-electron chi connectivity index (χ4n) is 6.17. The van der Waals surface area contributed by atoms with E-state index in [0.29, 0.717) is 13.2 Å². The minimum atomic E-state index is 0.233. The molecule has 5 heteroatoms. The van der Waals surface area contributed by atoms with E-state index in [1.165, 1.54) is 125 Å². The standard InChI is InChI=1S/C38H56O5/c1-3-5-7-9-11-13-15-17-19-29-21-33-34-22-30(20-18-16-14-12-10-8-6-4-2)36(42-28-32-26-40-32)24-38(34)43-37(33)23-35(29)41-27-31-25-39-31/h21-24,31-32H,3-20,25-28H2,1-2H3. The van der Waals surface area contributed by atoms with Crippen LogP contribution in [-0.2, 0) is 22.3 Å². The zero-order valence-corrected chi connectivity index (χ0v) is 27.1. The molecular formula is C38H56O5. The van der Waals surface area contributed by atoms with E-state index < -0.39 is 0 Å². The maximum atomic E-state index is 6.45. The third-order valence-corrected chi connectivity index (χ3v) is 9.09. The number of rotatable bonds is 24. The molecule has 2 saturated heterocycles. The molecule has 0 N–H and O–H groups in total. The lowest BCUT2D eigenvalue weighted by atomic mass is 9.99. The van der Waals surface area contributed by atoms with Crippen molar-refractivity contribution in [2.24, 2.45) is 0 Å². The van der Waals surface area contributed by atoms with Crippen molar-refractivity contribution < 1.29 is 23.4 Å². The Balaban J connectivity index is 1.28. The second kappa shape index (κ2) is 17.3. The number of ether oxygens (including phenoxy) is 4. The molecule has 2 aliphatic heterocycles. The molecule has 3 aromatic rings. The molecule has 5 rings (SSSR count). The Morgan fingerprint density at radius 2 is 0.907 bits per heavy atom. The molecule has 2 atom stereocenters. The number of unbranched alkanes of at least 4 members (excludes halogenated alkanes) is 14. The van der Waals surface area contributed by atoms with Gasteiger partial charge < -0.3 is 23.4 Å². The van der Waals surface area contributed by atoms with Crippen molar-refractivity contribution in [1.29, 1.82) is 0 Å². The minimum absolute atomic E-state index is 0.233. The third kappa shape index (κ3) is 10.4. The van der Waals surface area contributed by atoms with Crippen LogP contribution in [0.2, 0.25) is 0 Å². The molecule has 0 bridgehead atoms. The highest BCUT2D eigenvalue weighted by Gasteiger charge is 2.25. The summed E-state index contributed by atoms with van der Waals surface area (Å²) in [5.41, 5.74) is 4.36. The fourth-order valence-corrected chi connectivity index (χ4v) is 6.17. The van der Waals surface area contributed by atoms with Gasteiger partial charge >= 0.3 is 0 Å². The van der Waals surface area contributed by atoms with Gasteiger partial charge in [-0.25, -0.2) is 0 Å². The first-order valence-electron chi connectivity index (χ1n) is 17.8. The van der Waals surface area contributed by atoms with Gasteiger partial charge in [0.1, 0.15) is 48.1 Å². The van der Waals surface area contributed by atoms with Crippen molar-refractivity contribution in [2.45, 2.75) is 142 Å². The lowest BCUT2D eigenvalue weighted by Gasteiger charge is -2.12. The van der Waals surface area contributed by atoms with Crippen LogP contribution in [0.1, 0.15) is 128 Å². The second-order valence-corrected chi connectivity index (χ2v) is 13.0. The zero-order valence-electron chi connectivity index (χ0n) is 27.1. The van der Waals surface area contributed by atoms with Crippen molar-refractivity contribution in [3.63, 3.8) is 0 Å². The predicted molar refractivity (Wildman–Crippen MR) is 177 cm³/mol. The van der Waals surface area contributed by atoms with Crippen LogP contribution in [0.5, 0.6) is 11.5 Å². The number of furan rings is 1. The average Bonchev–Trinajstić information content (AvgIpc) is 3.96. The number of hydrogen-bond acceptors (Lipinski definition) is 5. The van der Waals surface area contributed by atoms with Crippen LogP contribution in [0.4, 0.5) is 0 Å². The second-order valence-electron chi connectivity index (χ2n) is 13.0. The molecule has 5 nitrogen and oxygen atoms in total. The van der Waals surface area contributed by atoms with E-state index in [4.69, 9.17) is 23.4 Å². The van der Waals surface area contributed by atoms with Gasteiger partial charge in [-0.3, -0.25) is 0 Å². The first-order valence-corrected chi connectivity index (χ1v) is 17.8. The van der Waals surface area contributed by atoms with Gasteiger partial charge in [0, 0.05) is 22.9 Å². The summed E-state index contributed by atoms with van der Waals surface area (Å²) in [6.45, 7) is 7.39. The first kappa shape index (κ1) is 32.2. The molecular weight excluding hydrogens is 536 g/mol. The Labute approximate surface area is 260 Å². The van der Waals surface area contributed by atoms with E-state index >= 15 is 0 Å². The Kier molecular flexibility index (Phi) is 12.9. The summed E-state index contributed by atoms with van der Waals surface area (Å²) >= 11 is 0. The highest BCUT2D eigenvalue weighted by molar-refractivity contribution is 6.06. The monoisotopic (exact) mass is 592 g/mol. The Bertz CT molecular complexity index is 1140. The highest BCUT2D eigenvalue weighted by Crippen LogP contribution is 2.38. The zero-order chi connectivity index (χ0) is 29.7. The van der Waals surface area contributed by atoms with Crippen molar-refractivity contribution in [1.82, 2.24) is 0 Å². The van der Waals surface area contributed by atoms with Gasteiger partial charge in [-0.2, -0.15) is 0 Å². The SMILES string of the molecule is CCCCCCCCCCc1cc2c(cc1OCC1CO1)oc1cc(OCC3CO3)c(CCCCCCCCCC)cc12. The van der Waals surface area contributed by atoms with Crippen LogP contribution in [0, 0.1) is 0 Å². The van der Waals surface area contributed by atoms with E-state index in [2.05, 4.69) is 38.1 Å². The van der Waals surface area contributed by atoms with Crippen LogP contribution in [-0.4, -0.2) is 38.6 Å².